The van der Waals surface area contributed by atoms with Gasteiger partial charge in [0.25, 0.3) is 0 Å². The highest BCUT2D eigenvalue weighted by atomic mass is 16.5. The van der Waals surface area contributed by atoms with E-state index < -0.39 is 0 Å². The normalized spacial score (nSPS) is 10.6. The zero-order valence-corrected chi connectivity index (χ0v) is 14.1. The van der Waals surface area contributed by atoms with Gasteiger partial charge in [-0.15, -0.1) is 0 Å². The summed E-state index contributed by atoms with van der Waals surface area (Å²) >= 11 is 0. The molecule has 0 aliphatic rings. The van der Waals surface area contributed by atoms with E-state index in [1.54, 1.807) is 6.92 Å². The summed E-state index contributed by atoms with van der Waals surface area (Å²) in [6.45, 7) is 6.01. The van der Waals surface area contributed by atoms with Crippen molar-refractivity contribution < 1.29 is 9.53 Å². The van der Waals surface area contributed by atoms with E-state index in [0.29, 0.717) is 18.0 Å². The molecule has 0 fully saturated rings. The standard InChI is InChI=1S/C20H20N2O2/c1-4-24-20(23)18-15(3)21-19(16-8-6-5-7-9-16)22(18)17-12-10-14(2)11-13-17/h5-13H,4H2,1-3H3. The van der Waals surface area contributed by atoms with E-state index in [0.717, 1.165) is 22.6 Å². The zero-order chi connectivity index (χ0) is 17.1. The Kier molecular flexibility index (Phi) is 4.47. The van der Waals surface area contributed by atoms with Crippen molar-refractivity contribution in [3.63, 3.8) is 0 Å². The van der Waals surface area contributed by atoms with Crippen molar-refractivity contribution in [1.82, 2.24) is 9.55 Å². The molecule has 0 aliphatic heterocycles. The number of hydrogen-bond acceptors (Lipinski definition) is 3. The first kappa shape index (κ1) is 16.0. The van der Waals surface area contributed by atoms with Gasteiger partial charge in [0, 0.05) is 11.3 Å². The quantitative estimate of drug-likeness (QED) is 0.672. The molecule has 122 valence electrons. The molecule has 0 saturated carbocycles. The predicted molar refractivity (Wildman–Crippen MR) is 94.4 cm³/mol. The number of aromatic nitrogens is 2. The van der Waals surface area contributed by atoms with Gasteiger partial charge in [-0.25, -0.2) is 9.78 Å². The molecule has 4 heteroatoms. The first-order valence-electron chi connectivity index (χ1n) is 8.00. The van der Waals surface area contributed by atoms with Crippen molar-refractivity contribution in [3.8, 4) is 17.1 Å². The summed E-state index contributed by atoms with van der Waals surface area (Å²) in [6, 6.07) is 17.9. The van der Waals surface area contributed by atoms with Crippen LogP contribution in [-0.4, -0.2) is 22.1 Å². The second kappa shape index (κ2) is 6.71. The Morgan fingerprint density at radius 1 is 1.04 bits per heavy atom. The van der Waals surface area contributed by atoms with Crippen LogP contribution in [0.3, 0.4) is 0 Å². The minimum absolute atomic E-state index is 0.331. The van der Waals surface area contributed by atoms with E-state index in [1.807, 2.05) is 73.0 Å². The van der Waals surface area contributed by atoms with Gasteiger partial charge in [0.2, 0.25) is 0 Å². The molecule has 2 aromatic carbocycles. The number of imidazole rings is 1. The topological polar surface area (TPSA) is 44.1 Å². The number of ether oxygens (including phenoxy) is 1. The highest BCUT2D eigenvalue weighted by Gasteiger charge is 2.23. The fourth-order valence-electron chi connectivity index (χ4n) is 2.69. The highest BCUT2D eigenvalue weighted by molar-refractivity contribution is 5.91. The molecule has 0 atom stereocenters. The van der Waals surface area contributed by atoms with Gasteiger partial charge in [0.15, 0.2) is 5.69 Å². The molecule has 0 amide bonds. The minimum Gasteiger partial charge on any atom is -0.461 e. The number of aryl methyl sites for hydroxylation is 2. The lowest BCUT2D eigenvalue weighted by Gasteiger charge is -2.12. The number of carbonyl (C=O) groups is 1. The summed E-state index contributed by atoms with van der Waals surface area (Å²) in [4.78, 5) is 17.1. The second-order valence-corrected chi connectivity index (χ2v) is 5.63. The molecule has 0 radical (unpaired) electrons. The summed E-state index contributed by atoms with van der Waals surface area (Å²) < 4.78 is 7.12. The zero-order valence-electron chi connectivity index (χ0n) is 14.1. The summed E-state index contributed by atoms with van der Waals surface area (Å²) in [5.41, 5.74) is 4.14. The van der Waals surface area contributed by atoms with E-state index in [9.17, 15) is 4.79 Å². The molecule has 0 N–H and O–H groups in total. The van der Waals surface area contributed by atoms with Crippen LogP contribution in [0.15, 0.2) is 54.6 Å². The van der Waals surface area contributed by atoms with Crippen LogP contribution in [0, 0.1) is 13.8 Å². The maximum absolute atomic E-state index is 12.5. The van der Waals surface area contributed by atoms with Crippen LogP contribution < -0.4 is 0 Å². The lowest BCUT2D eigenvalue weighted by atomic mass is 10.2. The first-order valence-corrected chi connectivity index (χ1v) is 8.00. The van der Waals surface area contributed by atoms with Gasteiger partial charge in [-0.05, 0) is 32.9 Å². The van der Waals surface area contributed by atoms with Gasteiger partial charge >= 0.3 is 5.97 Å². The average molecular weight is 320 g/mol. The van der Waals surface area contributed by atoms with Crippen molar-refractivity contribution in [2.75, 3.05) is 6.61 Å². The Morgan fingerprint density at radius 2 is 1.71 bits per heavy atom. The maximum atomic E-state index is 12.5. The molecule has 0 spiro atoms. The molecule has 1 aromatic heterocycles. The summed E-state index contributed by atoms with van der Waals surface area (Å²) in [6.07, 6.45) is 0. The van der Waals surface area contributed by atoms with Crippen LogP contribution in [0.25, 0.3) is 17.1 Å². The third kappa shape index (κ3) is 2.95. The van der Waals surface area contributed by atoms with E-state index >= 15 is 0 Å². The van der Waals surface area contributed by atoms with E-state index in [4.69, 9.17) is 4.74 Å². The Balaban J connectivity index is 2.25. The molecule has 24 heavy (non-hydrogen) atoms. The SMILES string of the molecule is CCOC(=O)c1c(C)nc(-c2ccccc2)n1-c1ccc(C)cc1. The Bertz CT molecular complexity index is 849. The van der Waals surface area contributed by atoms with Gasteiger partial charge in [-0.1, -0.05) is 48.0 Å². The molecule has 0 aliphatic carbocycles. The van der Waals surface area contributed by atoms with Gasteiger partial charge in [-0.2, -0.15) is 0 Å². The van der Waals surface area contributed by atoms with Crippen LogP contribution in [0.1, 0.15) is 28.7 Å². The number of hydrogen-bond donors (Lipinski definition) is 0. The Morgan fingerprint density at radius 3 is 2.33 bits per heavy atom. The van der Waals surface area contributed by atoms with Gasteiger partial charge in [0.05, 0.1) is 12.3 Å². The van der Waals surface area contributed by atoms with E-state index in [-0.39, 0.29) is 5.97 Å². The lowest BCUT2D eigenvalue weighted by molar-refractivity contribution is 0.0516. The number of rotatable bonds is 4. The molecule has 0 unspecified atom stereocenters. The monoisotopic (exact) mass is 320 g/mol. The maximum Gasteiger partial charge on any atom is 0.357 e. The molecular weight excluding hydrogens is 300 g/mol. The summed E-state index contributed by atoms with van der Waals surface area (Å²) in [5, 5.41) is 0. The van der Waals surface area contributed by atoms with Crippen LogP contribution in [0.4, 0.5) is 0 Å². The van der Waals surface area contributed by atoms with Crippen molar-refractivity contribution >= 4 is 5.97 Å². The largest absolute Gasteiger partial charge is 0.461 e. The highest BCUT2D eigenvalue weighted by Crippen LogP contribution is 2.27. The molecule has 4 nitrogen and oxygen atoms in total. The van der Waals surface area contributed by atoms with Crippen molar-refractivity contribution in [2.24, 2.45) is 0 Å². The molecule has 0 bridgehead atoms. The van der Waals surface area contributed by atoms with E-state index in [1.165, 1.54) is 0 Å². The van der Waals surface area contributed by atoms with Gasteiger partial charge in [-0.3, -0.25) is 4.57 Å². The summed E-state index contributed by atoms with van der Waals surface area (Å²) in [7, 11) is 0. The average Bonchev–Trinajstić information content (AvgIpc) is 2.94. The molecule has 0 saturated heterocycles. The van der Waals surface area contributed by atoms with Crippen molar-refractivity contribution in [2.45, 2.75) is 20.8 Å². The summed E-state index contributed by atoms with van der Waals surface area (Å²) in [5.74, 6) is 0.380. The van der Waals surface area contributed by atoms with E-state index in [2.05, 4.69) is 4.98 Å². The smallest absolute Gasteiger partial charge is 0.357 e. The fourth-order valence-corrected chi connectivity index (χ4v) is 2.69. The van der Waals surface area contributed by atoms with Crippen molar-refractivity contribution in [1.29, 1.82) is 0 Å². The van der Waals surface area contributed by atoms with Crippen LogP contribution in [-0.2, 0) is 4.74 Å². The predicted octanol–water partition coefficient (Wildman–Crippen LogP) is 4.33. The van der Waals surface area contributed by atoms with Gasteiger partial charge < -0.3 is 4.74 Å². The molecule has 3 aromatic rings. The van der Waals surface area contributed by atoms with Crippen LogP contribution in [0.2, 0.25) is 0 Å². The first-order chi connectivity index (χ1) is 11.6. The minimum atomic E-state index is -0.356. The van der Waals surface area contributed by atoms with Crippen molar-refractivity contribution in [3.05, 3.63) is 71.5 Å². The van der Waals surface area contributed by atoms with Crippen LogP contribution in [0.5, 0.6) is 0 Å². The second-order valence-electron chi connectivity index (χ2n) is 5.63. The Hall–Kier alpha value is -2.88. The lowest BCUT2D eigenvalue weighted by Crippen LogP contribution is -2.13. The number of carbonyl (C=O) groups excluding carboxylic acids is 1. The van der Waals surface area contributed by atoms with Gasteiger partial charge in [0.1, 0.15) is 5.82 Å². The third-order valence-corrected chi connectivity index (χ3v) is 3.84. The number of nitrogens with zero attached hydrogens (tertiary/aromatic N) is 2. The number of esters is 1. The molecule has 1 heterocycles. The fraction of sp³-hybridized carbons (Fsp3) is 0.200. The number of benzene rings is 2. The van der Waals surface area contributed by atoms with Crippen LogP contribution >= 0.6 is 0 Å². The third-order valence-electron chi connectivity index (χ3n) is 3.84. The molecule has 3 rings (SSSR count). The molecular formula is C20H20N2O2. The Labute approximate surface area is 141 Å².